The lowest BCUT2D eigenvalue weighted by Gasteiger charge is -2.39. The van der Waals surface area contributed by atoms with Gasteiger partial charge in [0.1, 0.15) is 11.4 Å². The highest BCUT2D eigenvalue weighted by atomic mass is 16.5. The Bertz CT molecular complexity index is 1090. The first-order valence-electron chi connectivity index (χ1n) is 16.2. The number of nitrogens with zero attached hydrogens (tertiary/aromatic N) is 1. The summed E-state index contributed by atoms with van der Waals surface area (Å²) in [6.45, 7) is 9.08. The van der Waals surface area contributed by atoms with Gasteiger partial charge in [-0.15, -0.1) is 0 Å². The van der Waals surface area contributed by atoms with Crippen LogP contribution < -0.4 is 26.4 Å². The van der Waals surface area contributed by atoms with Crippen LogP contribution in [0, 0.1) is 17.8 Å². The van der Waals surface area contributed by atoms with Crippen LogP contribution >= 0.6 is 0 Å². The molecule has 4 rings (SSSR count). The van der Waals surface area contributed by atoms with E-state index in [1.807, 2.05) is 6.07 Å². The topological polar surface area (TPSA) is 79.9 Å². The monoisotopic (exact) mass is 567 g/mol. The van der Waals surface area contributed by atoms with E-state index in [1.165, 1.54) is 37.7 Å². The van der Waals surface area contributed by atoms with Crippen LogP contribution in [0.15, 0.2) is 39.9 Å². The lowest BCUT2D eigenvalue weighted by Crippen LogP contribution is -2.49. The van der Waals surface area contributed by atoms with E-state index in [-0.39, 0.29) is 28.9 Å². The van der Waals surface area contributed by atoms with E-state index in [0.29, 0.717) is 43.0 Å². The van der Waals surface area contributed by atoms with E-state index in [2.05, 4.69) is 53.6 Å². The normalized spacial score (nSPS) is 20.0. The molecule has 0 bridgehead atoms. The highest BCUT2D eigenvalue weighted by Crippen LogP contribution is 2.36. The number of benzene rings is 1. The first-order chi connectivity index (χ1) is 20.0. The van der Waals surface area contributed by atoms with Gasteiger partial charge in [-0.25, -0.2) is 0 Å². The van der Waals surface area contributed by atoms with Crippen molar-refractivity contribution in [3.8, 4) is 0 Å². The molecule has 7 heteroatoms. The second-order valence-corrected chi connectivity index (χ2v) is 12.7. The summed E-state index contributed by atoms with van der Waals surface area (Å²) in [6.07, 6.45) is 11.4. The van der Waals surface area contributed by atoms with E-state index in [9.17, 15) is 9.59 Å². The zero-order valence-corrected chi connectivity index (χ0v) is 25.7. The van der Waals surface area contributed by atoms with Gasteiger partial charge in [-0.3, -0.25) is 9.59 Å². The predicted molar refractivity (Wildman–Crippen MR) is 169 cm³/mol. The summed E-state index contributed by atoms with van der Waals surface area (Å²) in [6, 6.07) is 10.6. The Morgan fingerprint density at radius 3 is 2.49 bits per heavy atom. The largest absolute Gasteiger partial charge is 0.385 e. The Hall–Kier alpha value is -2.22. The van der Waals surface area contributed by atoms with Crippen molar-refractivity contribution in [2.24, 2.45) is 17.8 Å². The molecule has 1 aliphatic carbocycles. The Balaban J connectivity index is 1.47. The molecule has 0 spiro atoms. The van der Waals surface area contributed by atoms with Gasteiger partial charge in [0.2, 0.25) is 0 Å². The standard InChI is InChI=1S/C34H53N3O4/c1-25(2)17-18-35-23-29(22-26-12-6-4-7-13-26)36-30-31(33(39)32(30)38)37-19-10-16-28(24-37)34(41-21-11-20-40-3)27-14-8-5-9-15-27/h5,8-9,14-15,25-26,28-29,34-36H,4,6-7,10-13,16-24H2,1-3H3/t28?,29-,34-/m0/s1. The quantitative estimate of drug-likeness (QED) is 0.188. The fourth-order valence-electron chi connectivity index (χ4n) is 6.73. The number of piperidine rings is 1. The molecule has 0 amide bonds. The van der Waals surface area contributed by atoms with Crippen LogP contribution in [0.5, 0.6) is 0 Å². The molecule has 3 atom stereocenters. The molecular weight excluding hydrogens is 514 g/mol. The number of nitrogens with one attached hydrogen (secondary N) is 2. The first kappa shape index (κ1) is 31.7. The fourth-order valence-corrected chi connectivity index (χ4v) is 6.73. The van der Waals surface area contributed by atoms with E-state index in [4.69, 9.17) is 9.47 Å². The third kappa shape index (κ3) is 9.13. The molecule has 2 aromatic rings. The molecule has 2 aromatic carbocycles. The van der Waals surface area contributed by atoms with Crippen molar-refractivity contribution >= 4 is 11.4 Å². The van der Waals surface area contributed by atoms with Gasteiger partial charge in [0.05, 0.1) is 6.10 Å². The van der Waals surface area contributed by atoms with Crippen molar-refractivity contribution in [3.05, 3.63) is 56.3 Å². The highest BCUT2D eigenvalue weighted by Gasteiger charge is 2.34. The zero-order chi connectivity index (χ0) is 29.0. The number of ether oxygens (including phenoxy) is 2. The molecule has 0 radical (unpaired) electrons. The Labute approximate surface area is 247 Å². The lowest BCUT2D eigenvalue weighted by molar-refractivity contribution is -0.00235. The minimum atomic E-state index is -0.353. The maximum atomic E-state index is 13.0. The van der Waals surface area contributed by atoms with Crippen molar-refractivity contribution in [1.29, 1.82) is 0 Å². The molecule has 2 N–H and O–H groups in total. The van der Waals surface area contributed by atoms with Gasteiger partial charge in [0.25, 0.3) is 10.9 Å². The SMILES string of the molecule is COCCCO[C@@H](c1ccccc1)C1CCCN(c2c(N[C@H](CNCCC(C)C)CC3CCCCC3)c(=O)c2=O)C1. The summed E-state index contributed by atoms with van der Waals surface area (Å²) in [7, 11) is 1.71. The Morgan fingerprint density at radius 2 is 1.76 bits per heavy atom. The Morgan fingerprint density at radius 1 is 0.976 bits per heavy atom. The van der Waals surface area contributed by atoms with Crippen molar-refractivity contribution in [2.75, 3.05) is 56.7 Å². The average Bonchev–Trinajstić information content (AvgIpc) is 2.99. The van der Waals surface area contributed by atoms with E-state index < -0.39 is 0 Å². The van der Waals surface area contributed by atoms with Gasteiger partial charge in [-0.05, 0) is 56.0 Å². The molecule has 1 unspecified atom stereocenters. The molecule has 2 aliphatic rings. The van der Waals surface area contributed by atoms with Crippen molar-refractivity contribution in [1.82, 2.24) is 5.32 Å². The summed E-state index contributed by atoms with van der Waals surface area (Å²) in [4.78, 5) is 28.1. The van der Waals surface area contributed by atoms with Gasteiger partial charge in [-0.1, -0.05) is 76.3 Å². The lowest BCUT2D eigenvalue weighted by atomic mass is 9.84. The van der Waals surface area contributed by atoms with E-state index >= 15 is 0 Å². The molecule has 0 aromatic heterocycles. The van der Waals surface area contributed by atoms with Crippen molar-refractivity contribution in [2.45, 2.75) is 90.2 Å². The van der Waals surface area contributed by atoms with E-state index in [1.54, 1.807) is 7.11 Å². The van der Waals surface area contributed by atoms with Gasteiger partial charge in [0, 0.05) is 51.9 Å². The smallest absolute Gasteiger partial charge is 0.253 e. The van der Waals surface area contributed by atoms with Crippen LogP contribution in [-0.2, 0) is 9.47 Å². The maximum Gasteiger partial charge on any atom is 0.253 e. The molecule has 41 heavy (non-hydrogen) atoms. The minimum absolute atomic E-state index is 0.0528. The molecule has 1 aliphatic heterocycles. The molecule has 7 nitrogen and oxygen atoms in total. The molecule has 1 heterocycles. The number of hydrogen-bond donors (Lipinski definition) is 2. The molecule has 2 fully saturated rings. The highest BCUT2D eigenvalue weighted by molar-refractivity contribution is 5.75. The Kier molecular flexibility index (Phi) is 12.7. The van der Waals surface area contributed by atoms with Crippen LogP contribution in [-0.4, -0.2) is 52.5 Å². The van der Waals surface area contributed by atoms with Crippen LogP contribution in [0.2, 0.25) is 0 Å². The van der Waals surface area contributed by atoms with Gasteiger partial charge < -0.3 is 25.0 Å². The second-order valence-electron chi connectivity index (χ2n) is 12.7. The maximum absolute atomic E-state index is 13.0. The van der Waals surface area contributed by atoms with Gasteiger partial charge in [-0.2, -0.15) is 0 Å². The summed E-state index contributed by atoms with van der Waals surface area (Å²) in [5.41, 5.74) is 1.62. The predicted octanol–water partition coefficient (Wildman–Crippen LogP) is 5.68. The van der Waals surface area contributed by atoms with Crippen LogP contribution in [0.3, 0.4) is 0 Å². The summed E-state index contributed by atoms with van der Waals surface area (Å²) >= 11 is 0. The molecule has 1 saturated carbocycles. The molecular formula is C34H53N3O4. The summed E-state index contributed by atoms with van der Waals surface area (Å²) < 4.78 is 11.7. The number of methoxy groups -OCH3 is 1. The third-order valence-corrected chi connectivity index (χ3v) is 8.99. The zero-order valence-electron chi connectivity index (χ0n) is 25.7. The van der Waals surface area contributed by atoms with Gasteiger partial charge in [0.15, 0.2) is 0 Å². The number of anilines is 2. The number of rotatable bonds is 17. The second kappa shape index (κ2) is 16.4. The van der Waals surface area contributed by atoms with Crippen LogP contribution in [0.4, 0.5) is 11.4 Å². The first-order valence-corrected chi connectivity index (χ1v) is 16.2. The van der Waals surface area contributed by atoms with Crippen LogP contribution in [0.25, 0.3) is 0 Å². The van der Waals surface area contributed by atoms with Crippen molar-refractivity contribution < 1.29 is 9.47 Å². The molecule has 1 saturated heterocycles. The van der Waals surface area contributed by atoms with Crippen LogP contribution in [0.1, 0.15) is 89.7 Å². The summed E-state index contributed by atoms with van der Waals surface area (Å²) in [5, 5.41) is 7.23. The number of hydrogen-bond acceptors (Lipinski definition) is 7. The van der Waals surface area contributed by atoms with Gasteiger partial charge >= 0.3 is 0 Å². The van der Waals surface area contributed by atoms with Crippen molar-refractivity contribution in [3.63, 3.8) is 0 Å². The summed E-state index contributed by atoms with van der Waals surface area (Å²) in [5.74, 6) is 1.58. The fraction of sp³-hybridized carbons (Fsp3) is 0.706. The average molecular weight is 568 g/mol. The van der Waals surface area contributed by atoms with E-state index in [0.717, 1.165) is 51.7 Å². The molecule has 228 valence electrons. The third-order valence-electron chi connectivity index (χ3n) is 8.99. The minimum Gasteiger partial charge on any atom is -0.385 e.